The van der Waals surface area contributed by atoms with E-state index >= 15 is 0 Å². The molecule has 1 nitrogen and oxygen atoms in total. The van der Waals surface area contributed by atoms with Crippen LogP contribution in [0, 0.1) is 0 Å². The molecule has 0 saturated carbocycles. The Bertz CT molecular complexity index is 583. The van der Waals surface area contributed by atoms with Gasteiger partial charge in [0.2, 0.25) is 0 Å². The summed E-state index contributed by atoms with van der Waals surface area (Å²) in [5.41, 5.74) is 11.7. The third-order valence-electron chi connectivity index (χ3n) is 4.38. The first-order valence-electron chi connectivity index (χ1n) is 7.09. The molecule has 1 unspecified atom stereocenters. The minimum Gasteiger partial charge on any atom is -0.318 e. The lowest BCUT2D eigenvalue weighted by atomic mass is 9.84. The first-order chi connectivity index (χ1) is 9.11. The monoisotopic (exact) mass is 251 g/mol. The minimum absolute atomic E-state index is 0.300. The van der Waals surface area contributed by atoms with Crippen molar-refractivity contribution in [1.82, 2.24) is 0 Å². The maximum Gasteiger partial charge on any atom is 0.0671 e. The Balaban J connectivity index is 2.02. The molecule has 2 aromatic carbocycles. The third-order valence-corrected chi connectivity index (χ3v) is 4.38. The molecule has 1 aliphatic carbocycles. The van der Waals surface area contributed by atoms with Crippen LogP contribution >= 0.6 is 0 Å². The Labute approximate surface area is 115 Å². The molecule has 0 bridgehead atoms. The van der Waals surface area contributed by atoms with Crippen molar-refractivity contribution in [2.24, 2.45) is 5.73 Å². The van der Waals surface area contributed by atoms with Gasteiger partial charge in [0.15, 0.2) is 0 Å². The van der Waals surface area contributed by atoms with E-state index in [0.29, 0.717) is 5.92 Å². The first kappa shape index (κ1) is 12.4. The summed E-state index contributed by atoms with van der Waals surface area (Å²) in [5, 5.41) is 0. The van der Waals surface area contributed by atoms with E-state index in [1.54, 1.807) is 0 Å². The highest BCUT2D eigenvalue weighted by Gasteiger charge is 2.36. The molecule has 2 N–H and O–H groups in total. The summed E-state index contributed by atoms with van der Waals surface area (Å²) < 4.78 is 0. The van der Waals surface area contributed by atoms with Crippen LogP contribution in [-0.2, 0) is 12.0 Å². The summed E-state index contributed by atoms with van der Waals surface area (Å²) in [4.78, 5) is 0. The van der Waals surface area contributed by atoms with Crippen LogP contribution in [-0.4, -0.2) is 0 Å². The summed E-state index contributed by atoms with van der Waals surface area (Å²) in [5.74, 6) is 0.568. The summed E-state index contributed by atoms with van der Waals surface area (Å²) >= 11 is 0. The minimum atomic E-state index is -0.300. The van der Waals surface area contributed by atoms with Gasteiger partial charge in [0.05, 0.1) is 5.54 Å². The number of hydrogen-bond acceptors (Lipinski definition) is 1. The lowest BCUT2D eigenvalue weighted by Gasteiger charge is -2.26. The molecule has 1 heteroatoms. The molecule has 0 fully saturated rings. The third kappa shape index (κ3) is 1.98. The van der Waals surface area contributed by atoms with Gasteiger partial charge in [-0.1, -0.05) is 62.4 Å². The molecule has 0 saturated heterocycles. The van der Waals surface area contributed by atoms with E-state index in [4.69, 9.17) is 5.73 Å². The predicted molar refractivity (Wildman–Crippen MR) is 80.3 cm³/mol. The Hall–Kier alpha value is -1.60. The van der Waals surface area contributed by atoms with Crippen molar-refractivity contribution in [2.45, 2.75) is 38.1 Å². The summed E-state index contributed by atoms with van der Waals surface area (Å²) in [6.45, 7) is 4.44. The largest absolute Gasteiger partial charge is 0.318 e. The number of nitrogens with two attached hydrogens (primary N) is 1. The Morgan fingerprint density at radius 3 is 2.37 bits per heavy atom. The van der Waals surface area contributed by atoms with E-state index in [1.807, 2.05) is 0 Å². The van der Waals surface area contributed by atoms with Gasteiger partial charge in [0.25, 0.3) is 0 Å². The van der Waals surface area contributed by atoms with Crippen molar-refractivity contribution in [3.63, 3.8) is 0 Å². The second-order valence-electron chi connectivity index (χ2n) is 5.91. The Morgan fingerprint density at radius 1 is 1.00 bits per heavy atom. The van der Waals surface area contributed by atoms with Crippen molar-refractivity contribution in [3.05, 3.63) is 70.8 Å². The normalized spacial score (nSPS) is 21.7. The molecule has 1 atom stereocenters. The Kier molecular flexibility index (Phi) is 2.94. The number of aryl methyl sites for hydroxylation is 1. The van der Waals surface area contributed by atoms with Crippen LogP contribution in [0.15, 0.2) is 48.5 Å². The summed E-state index contributed by atoms with van der Waals surface area (Å²) in [6.07, 6.45) is 2.09. The second kappa shape index (κ2) is 4.50. The molecule has 0 aliphatic heterocycles. The summed E-state index contributed by atoms with van der Waals surface area (Å²) in [7, 11) is 0. The van der Waals surface area contributed by atoms with Gasteiger partial charge in [-0.05, 0) is 41.0 Å². The van der Waals surface area contributed by atoms with E-state index in [1.165, 1.54) is 22.3 Å². The van der Waals surface area contributed by atoms with Gasteiger partial charge in [-0.3, -0.25) is 0 Å². The fourth-order valence-corrected chi connectivity index (χ4v) is 3.11. The van der Waals surface area contributed by atoms with Crippen LogP contribution < -0.4 is 5.73 Å². The average Bonchev–Trinajstić information content (AvgIpc) is 2.78. The molecule has 19 heavy (non-hydrogen) atoms. The quantitative estimate of drug-likeness (QED) is 0.859. The summed E-state index contributed by atoms with van der Waals surface area (Å²) in [6, 6.07) is 17.4. The molecular formula is C18H21N. The van der Waals surface area contributed by atoms with Crippen molar-refractivity contribution in [1.29, 1.82) is 0 Å². The van der Waals surface area contributed by atoms with Crippen LogP contribution in [0.3, 0.4) is 0 Å². The topological polar surface area (TPSA) is 26.0 Å². The molecular weight excluding hydrogens is 230 g/mol. The SMILES string of the molecule is CC(C)c1ccc(C2(N)CCc3ccccc32)cc1. The van der Waals surface area contributed by atoms with E-state index in [-0.39, 0.29) is 5.54 Å². The maximum absolute atomic E-state index is 6.72. The molecule has 2 aromatic rings. The molecule has 0 aromatic heterocycles. The van der Waals surface area contributed by atoms with Crippen molar-refractivity contribution in [3.8, 4) is 0 Å². The zero-order valence-electron chi connectivity index (χ0n) is 11.7. The van der Waals surface area contributed by atoms with Gasteiger partial charge in [-0.25, -0.2) is 0 Å². The molecule has 0 amide bonds. The van der Waals surface area contributed by atoms with Crippen LogP contribution in [0.1, 0.15) is 48.4 Å². The van der Waals surface area contributed by atoms with Crippen LogP contribution in [0.2, 0.25) is 0 Å². The lowest BCUT2D eigenvalue weighted by molar-refractivity contribution is 0.534. The predicted octanol–water partition coefficient (Wildman–Crippen LogP) is 3.96. The number of hydrogen-bond donors (Lipinski definition) is 1. The van der Waals surface area contributed by atoms with Crippen molar-refractivity contribution >= 4 is 0 Å². The van der Waals surface area contributed by atoms with Crippen LogP contribution in [0.25, 0.3) is 0 Å². The van der Waals surface area contributed by atoms with Gasteiger partial charge in [-0.15, -0.1) is 0 Å². The van der Waals surface area contributed by atoms with E-state index in [9.17, 15) is 0 Å². The van der Waals surface area contributed by atoms with Crippen LogP contribution in [0.4, 0.5) is 0 Å². The second-order valence-corrected chi connectivity index (χ2v) is 5.91. The number of benzene rings is 2. The molecule has 0 heterocycles. The molecule has 0 spiro atoms. The fourth-order valence-electron chi connectivity index (χ4n) is 3.11. The molecule has 1 aliphatic rings. The van der Waals surface area contributed by atoms with Gasteiger partial charge < -0.3 is 5.73 Å². The van der Waals surface area contributed by atoms with Gasteiger partial charge in [0, 0.05) is 0 Å². The van der Waals surface area contributed by atoms with Gasteiger partial charge in [0.1, 0.15) is 0 Å². The highest BCUT2D eigenvalue weighted by Crippen LogP contribution is 2.39. The van der Waals surface area contributed by atoms with Crippen LogP contribution in [0.5, 0.6) is 0 Å². The molecule has 0 radical (unpaired) electrons. The fraction of sp³-hybridized carbons (Fsp3) is 0.333. The first-order valence-corrected chi connectivity index (χ1v) is 7.09. The smallest absolute Gasteiger partial charge is 0.0671 e. The Morgan fingerprint density at radius 2 is 1.68 bits per heavy atom. The number of rotatable bonds is 2. The average molecular weight is 251 g/mol. The van der Waals surface area contributed by atoms with E-state index < -0.39 is 0 Å². The molecule has 3 rings (SSSR count). The zero-order valence-corrected chi connectivity index (χ0v) is 11.7. The number of fused-ring (bicyclic) bond motifs is 1. The maximum atomic E-state index is 6.72. The lowest BCUT2D eigenvalue weighted by Crippen LogP contribution is -2.35. The standard InChI is InChI=1S/C18H21N/c1-13(2)14-7-9-16(10-8-14)18(19)12-11-15-5-3-4-6-17(15)18/h3-10,13H,11-12,19H2,1-2H3. The van der Waals surface area contributed by atoms with E-state index in [0.717, 1.165) is 12.8 Å². The van der Waals surface area contributed by atoms with Gasteiger partial charge in [-0.2, -0.15) is 0 Å². The van der Waals surface area contributed by atoms with Crippen molar-refractivity contribution < 1.29 is 0 Å². The highest BCUT2D eigenvalue weighted by molar-refractivity contribution is 5.47. The van der Waals surface area contributed by atoms with Crippen molar-refractivity contribution in [2.75, 3.05) is 0 Å². The zero-order chi connectivity index (χ0) is 13.5. The van der Waals surface area contributed by atoms with E-state index in [2.05, 4.69) is 62.4 Å². The molecule has 98 valence electrons. The highest BCUT2D eigenvalue weighted by atomic mass is 14.8. The van der Waals surface area contributed by atoms with Gasteiger partial charge >= 0.3 is 0 Å².